The molecule has 0 atom stereocenters. The average molecular weight is 200 g/mol. The van der Waals surface area contributed by atoms with Crippen LogP contribution in [0.5, 0.6) is 0 Å². The number of aryl methyl sites for hydroxylation is 1. The topological polar surface area (TPSA) is 3.88 Å². The summed E-state index contributed by atoms with van der Waals surface area (Å²) >= 11 is 3.76. The Kier molecular flexibility index (Phi) is 2.71. The first kappa shape index (κ1) is 8.57. The van der Waals surface area contributed by atoms with Gasteiger partial charge in [0.25, 0.3) is 0 Å². The van der Waals surface area contributed by atoms with E-state index in [0.717, 1.165) is 0 Å². The van der Waals surface area contributed by atoms with Crippen LogP contribution < -0.4 is 3.97 Å². The number of fused-ring (bicyclic) bond motifs is 1. The molecule has 0 bridgehead atoms. The molecule has 1 aromatic heterocycles. The van der Waals surface area contributed by atoms with Gasteiger partial charge in [-0.3, -0.25) is 0 Å². The van der Waals surface area contributed by atoms with Crippen LogP contribution in [0.2, 0.25) is 0 Å². The molecule has 1 heterocycles. The highest BCUT2D eigenvalue weighted by Gasteiger charge is 2.20. The van der Waals surface area contributed by atoms with Crippen molar-refractivity contribution in [2.24, 2.45) is 0 Å². The van der Waals surface area contributed by atoms with Gasteiger partial charge >= 0.3 is 0 Å². The second-order valence-corrected chi connectivity index (χ2v) is 4.86. The van der Waals surface area contributed by atoms with Crippen LogP contribution in [0, 0.1) is 0 Å². The van der Waals surface area contributed by atoms with Gasteiger partial charge in [0.1, 0.15) is 0 Å². The minimum atomic E-state index is 1.29. The van der Waals surface area contributed by atoms with Gasteiger partial charge in [0.2, 0.25) is 11.2 Å². The van der Waals surface area contributed by atoms with Gasteiger partial charge in [-0.05, 0) is 19.3 Å². The van der Waals surface area contributed by atoms with E-state index in [2.05, 4.69) is 15.7 Å². The fourth-order valence-corrected chi connectivity index (χ4v) is 3.63. The van der Waals surface area contributed by atoms with Crippen molar-refractivity contribution in [3.05, 3.63) is 16.1 Å². The Balaban J connectivity index is 2.32. The Hall–Kier alpha value is -0.0200. The summed E-state index contributed by atoms with van der Waals surface area (Å²) in [6.07, 6.45) is 8.94. The number of rotatable bonds is 1. The fraction of sp³-hybridized carbons (Fsp3) is 0.667. The van der Waals surface area contributed by atoms with E-state index in [1.165, 1.54) is 32.1 Å². The van der Waals surface area contributed by atoms with Crippen molar-refractivity contribution < 1.29 is 3.97 Å². The van der Waals surface area contributed by atoms with Crippen LogP contribution in [0.3, 0.4) is 0 Å². The summed E-state index contributed by atoms with van der Waals surface area (Å²) in [6, 6.07) is 0. The first-order chi connectivity index (χ1) is 5.92. The second-order valence-electron chi connectivity index (χ2n) is 3.16. The Labute approximate surface area is 81.9 Å². The average Bonchev–Trinajstić information content (AvgIpc) is 2.33. The van der Waals surface area contributed by atoms with Gasteiger partial charge in [-0.25, -0.2) is 0 Å². The van der Waals surface area contributed by atoms with Gasteiger partial charge in [-0.15, -0.1) is 3.97 Å². The molecule has 0 saturated carbocycles. The summed E-state index contributed by atoms with van der Waals surface area (Å²) in [6.45, 7) is 0. The van der Waals surface area contributed by atoms with E-state index >= 15 is 0 Å². The molecular weight excluding hydrogens is 186 g/mol. The molecule has 0 aliphatic heterocycles. The molecule has 0 N–H and O–H groups in total. The van der Waals surface area contributed by atoms with Crippen LogP contribution in [-0.4, -0.2) is 6.26 Å². The van der Waals surface area contributed by atoms with Gasteiger partial charge < -0.3 is 0 Å². The zero-order valence-electron chi connectivity index (χ0n) is 7.38. The van der Waals surface area contributed by atoms with Crippen molar-refractivity contribution in [1.29, 1.82) is 0 Å². The first-order valence-electron chi connectivity index (χ1n) is 4.47. The van der Waals surface area contributed by atoms with E-state index < -0.39 is 0 Å². The molecule has 12 heavy (non-hydrogen) atoms. The van der Waals surface area contributed by atoms with Crippen LogP contribution in [0.4, 0.5) is 0 Å². The van der Waals surface area contributed by atoms with Crippen molar-refractivity contribution in [3.8, 4) is 0 Å². The lowest BCUT2D eigenvalue weighted by molar-refractivity contribution is -0.498. The molecule has 0 spiro atoms. The maximum atomic E-state index is 2.34. The Morgan fingerprint density at radius 2 is 2.17 bits per heavy atom. The third kappa shape index (κ3) is 1.52. The zero-order valence-corrected chi connectivity index (χ0v) is 9.01. The summed E-state index contributed by atoms with van der Waals surface area (Å²) in [5.41, 5.74) is 3.84. The van der Waals surface area contributed by atoms with E-state index in [9.17, 15) is 0 Å². The molecule has 66 valence electrons. The lowest BCUT2D eigenvalue weighted by Gasteiger charge is -1.91. The van der Waals surface area contributed by atoms with Crippen LogP contribution in [-0.2, 0) is 12.8 Å². The number of hydrogen-bond donors (Lipinski definition) is 0. The van der Waals surface area contributed by atoms with Crippen LogP contribution in [0.25, 0.3) is 0 Å². The second kappa shape index (κ2) is 3.79. The Morgan fingerprint density at radius 3 is 3.00 bits per heavy atom. The molecule has 1 aliphatic rings. The smallest absolute Gasteiger partial charge is 0.120 e. The monoisotopic (exact) mass is 200 g/mol. The van der Waals surface area contributed by atoms with Crippen molar-refractivity contribution in [2.45, 2.75) is 32.1 Å². The minimum Gasteiger partial charge on any atom is -0.120 e. The third-order valence-electron chi connectivity index (χ3n) is 2.39. The maximum Gasteiger partial charge on any atom is 0.239 e. The lowest BCUT2D eigenvalue weighted by Crippen LogP contribution is -2.26. The number of nitrogens with zero attached hydrogens (tertiary/aromatic N) is 1. The summed E-state index contributed by atoms with van der Waals surface area (Å²) in [4.78, 5) is 1.63. The molecule has 0 radical (unpaired) electrons. The van der Waals surface area contributed by atoms with Crippen LogP contribution >= 0.6 is 23.3 Å². The van der Waals surface area contributed by atoms with E-state index in [1.54, 1.807) is 10.6 Å². The van der Waals surface area contributed by atoms with Gasteiger partial charge in [0, 0.05) is 12.7 Å². The molecule has 0 unspecified atom stereocenters. The predicted octanol–water partition coefficient (Wildman–Crippen LogP) is 2.43. The molecule has 0 amide bonds. The zero-order chi connectivity index (χ0) is 8.39. The summed E-state index contributed by atoms with van der Waals surface area (Å²) in [5.74, 6) is 0. The van der Waals surface area contributed by atoms with Gasteiger partial charge in [-0.1, -0.05) is 17.8 Å². The highest BCUT2D eigenvalue weighted by Crippen LogP contribution is 2.22. The van der Waals surface area contributed by atoms with Crippen molar-refractivity contribution in [3.63, 3.8) is 0 Å². The molecule has 1 aliphatic carbocycles. The van der Waals surface area contributed by atoms with Gasteiger partial charge in [0.05, 0.1) is 4.88 Å². The minimum absolute atomic E-state index is 1.29. The van der Waals surface area contributed by atoms with E-state index in [1.807, 2.05) is 23.3 Å². The SMILES string of the molecule is CS[n+]1csc2c1CCCCC2. The predicted molar refractivity (Wildman–Crippen MR) is 54.7 cm³/mol. The number of thiazole rings is 1. The first-order valence-corrected chi connectivity index (χ1v) is 6.53. The standard InChI is InChI=1S/C9H14NS2/c1-11-10-7-12-9-6-4-2-3-5-8(9)10/h7H,2-6H2,1H3/q+1. The molecular formula is C9H14NS2+. The van der Waals surface area contributed by atoms with E-state index in [-0.39, 0.29) is 0 Å². The molecule has 1 nitrogen and oxygen atoms in total. The van der Waals surface area contributed by atoms with Crippen LogP contribution in [0.1, 0.15) is 29.8 Å². The van der Waals surface area contributed by atoms with Crippen molar-refractivity contribution >= 4 is 23.3 Å². The summed E-state index contributed by atoms with van der Waals surface area (Å²) < 4.78 is 2.34. The largest absolute Gasteiger partial charge is 0.239 e. The molecule has 0 saturated heterocycles. The van der Waals surface area contributed by atoms with Crippen molar-refractivity contribution in [2.75, 3.05) is 6.26 Å². The fourth-order valence-electron chi connectivity index (χ4n) is 1.73. The normalized spacial score (nSPS) is 17.1. The van der Waals surface area contributed by atoms with Crippen molar-refractivity contribution in [1.82, 2.24) is 0 Å². The third-order valence-corrected chi connectivity index (χ3v) is 4.29. The number of aromatic nitrogens is 1. The van der Waals surface area contributed by atoms with Gasteiger partial charge in [-0.2, -0.15) is 0 Å². The van der Waals surface area contributed by atoms with Gasteiger partial charge in [0.15, 0.2) is 11.9 Å². The summed E-state index contributed by atoms with van der Waals surface area (Å²) in [5, 5.41) is 0. The van der Waals surface area contributed by atoms with Crippen LogP contribution in [0.15, 0.2) is 5.51 Å². The molecule has 2 rings (SSSR count). The maximum absolute atomic E-state index is 2.34. The van der Waals surface area contributed by atoms with E-state index in [4.69, 9.17) is 0 Å². The Morgan fingerprint density at radius 1 is 1.33 bits per heavy atom. The molecule has 0 aromatic carbocycles. The highest BCUT2D eigenvalue weighted by atomic mass is 32.2. The quantitative estimate of drug-likeness (QED) is 0.497. The lowest BCUT2D eigenvalue weighted by atomic mass is 10.2. The molecule has 0 fully saturated rings. The molecule has 1 aromatic rings. The highest BCUT2D eigenvalue weighted by molar-refractivity contribution is 7.92. The van der Waals surface area contributed by atoms with E-state index in [0.29, 0.717) is 0 Å². The summed E-state index contributed by atoms with van der Waals surface area (Å²) in [7, 11) is 0. The molecule has 3 heteroatoms. The Bertz CT molecular complexity index is 267. The number of hydrogen-bond acceptors (Lipinski definition) is 2.